The second-order valence-electron chi connectivity index (χ2n) is 8.73. The summed E-state index contributed by atoms with van der Waals surface area (Å²) in [6.45, 7) is 0. The van der Waals surface area contributed by atoms with Crippen molar-refractivity contribution in [1.82, 2.24) is 9.55 Å². The molecule has 0 fully saturated rings. The van der Waals surface area contributed by atoms with Gasteiger partial charge in [0, 0.05) is 35.4 Å². The fraction of sp³-hybridized carbons (Fsp3) is 0.0345. The van der Waals surface area contributed by atoms with Crippen molar-refractivity contribution in [2.75, 3.05) is 5.32 Å². The maximum atomic E-state index is 14.3. The van der Waals surface area contributed by atoms with Crippen LogP contribution in [0.3, 0.4) is 0 Å². The highest BCUT2D eigenvalue weighted by atomic mass is 16.6. The lowest BCUT2D eigenvalue weighted by molar-refractivity contribution is -0.384. The van der Waals surface area contributed by atoms with Crippen LogP contribution in [-0.4, -0.2) is 19.6 Å². The Bertz CT molecular complexity index is 1720. The van der Waals surface area contributed by atoms with Crippen molar-refractivity contribution in [2.24, 2.45) is 0 Å². The van der Waals surface area contributed by atoms with Crippen LogP contribution in [0.2, 0.25) is 0 Å². The average Bonchev–Trinajstić information content (AvgIpc) is 2.93. The van der Waals surface area contributed by atoms with E-state index in [1.807, 2.05) is 60.7 Å². The number of fused-ring (bicyclic) bond motifs is 2. The fourth-order valence-electron chi connectivity index (χ4n) is 4.64. The molecule has 0 radical (unpaired) electrons. The Labute approximate surface area is 216 Å². The first kappa shape index (κ1) is 23.0. The molecule has 0 aliphatic carbocycles. The molecule has 186 valence electrons. The standard InChI is InChI=1S/C29H20N4O5/c34-22-15-16-23-24(17-22)38-27-26(25(23)18-7-3-1-4-8-18)28(35)32(20-11-13-21(14-12-20)33(36)37)29(31-27)30-19-9-5-2-6-10-19/h1-17,25,34H,(H,30,31). The summed E-state index contributed by atoms with van der Waals surface area (Å²) >= 11 is 0. The summed E-state index contributed by atoms with van der Waals surface area (Å²) in [4.78, 5) is 29.8. The number of non-ortho nitro benzene ring substituents is 1. The van der Waals surface area contributed by atoms with Crippen molar-refractivity contribution >= 4 is 17.3 Å². The number of hydrogen-bond acceptors (Lipinski definition) is 7. The van der Waals surface area contributed by atoms with Gasteiger partial charge in [-0.25, -0.2) is 4.57 Å². The van der Waals surface area contributed by atoms with Crippen LogP contribution in [0.4, 0.5) is 17.3 Å². The highest BCUT2D eigenvalue weighted by Gasteiger charge is 2.35. The molecule has 0 spiro atoms. The van der Waals surface area contributed by atoms with E-state index in [1.54, 1.807) is 12.1 Å². The van der Waals surface area contributed by atoms with Crippen LogP contribution in [0.5, 0.6) is 17.4 Å². The van der Waals surface area contributed by atoms with E-state index in [2.05, 4.69) is 5.32 Å². The average molecular weight is 505 g/mol. The van der Waals surface area contributed by atoms with Crippen LogP contribution in [0.1, 0.15) is 22.6 Å². The number of rotatable bonds is 5. The topological polar surface area (TPSA) is 120 Å². The molecule has 4 aromatic carbocycles. The van der Waals surface area contributed by atoms with E-state index < -0.39 is 16.4 Å². The number of nitrogens with one attached hydrogen (secondary N) is 1. The van der Waals surface area contributed by atoms with Gasteiger partial charge >= 0.3 is 0 Å². The summed E-state index contributed by atoms with van der Waals surface area (Å²) < 4.78 is 7.49. The number of nitro benzene ring substituents is 1. The first-order valence-electron chi connectivity index (χ1n) is 11.8. The fourth-order valence-corrected chi connectivity index (χ4v) is 4.64. The van der Waals surface area contributed by atoms with Crippen molar-refractivity contribution in [3.63, 3.8) is 0 Å². The first-order valence-corrected chi connectivity index (χ1v) is 11.8. The predicted octanol–water partition coefficient (Wildman–Crippen LogP) is 5.88. The minimum Gasteiger partial charge on any atom is -0.508 e. The molecule has 5 aromatic rings. The molecule has 2 heterocycles. The molecule has 0 saturated carbocycles. The van der Waals surface area contributed by atoms with Crippen LogP contribution >= 0.6 is 0 Å². The summed E-state index contributed by atoms with van der Waals surface area (Å²) in [7, 11) is 0. The summed E-state index contributed by atoms with van der Waals surface area (Å²) in [5.74, 6) is 0.186. The number of phenols is 1. The molecule has 9 nitrogen and oxygen atoms in total. The predicted molar refractivity (Wildman–Crippen MR) is 142 cm³/mol. The van der Waals surface area contributed by atoms with E-state index in [0.29, 0.717) is 28.3 Å². The first-order chi connectivity index (χ1) is 18.5. The van der Waals surface area contributed by atoms with Gasteiger partial charge in [-0.1, -0.05) is 54.6 Å². The van der Waals surface area contributed by atoms with Crippen LogP contribution in [-0.2, 0) is 0 Å². The van der Waals surface area contributed by atoms with Crippen molar-refractivity contribution in [3.05, 3.63) is 140 Å². The van der Waals surface area contributed by atoms with Gasteiger partial charge in [0.15, 0.2) is 0 Å². The Kier molecular flexibility index (Phi) is 5.57. The van der Waals surface area contributed by atoms with Gasteiger partial charge < -0.3 is 15.2 Å². The van der Waals surface area contributed by atoms with Crippen LogP contribution in [0, 0.1) is 10.1 Å². The molecule has 0 saturated heterocycles. The molecule has 1 aromatic heterocycles. The van der Waals surface area contributed by atoms with E-state index in [-0.39, 0.29) is 23.3 Å². The normalized spacial score (nSPS) is 13.6. The zero-order chi connectivity index (χ0) is 26.2. The van der Waals surface area contributed by atoms with Gasteiger partial charge in [0.2, 0.25) is 11.8 Å². The molecule has 2 N–H and O–H groups in total. The summed E-state index contributed by atoms with van der Waals surface area (Å²) in [6, 6.07) is 29.2. The van der Waals surface area contributed by atoms with Gasteiger partial charge in [0.1, 0.15) is 11.5 Å². The number of aromatic hydroxyl groups is 1. The molecule has 1 aliphatic heterocycles. The van der Waals surface area contributed by atoms with E-state index in [1.165, 1.54) is 34.9 Å². The van der Waals surface area contributed by atoms with Crippen molar-refractivity contribution < 1.29 is 14.8 Å². The van der Waals surface area contributed by atoms with E-state index >= 15 is 0 Å². The Morgan fingerprint density at radius 2 is 1.61 bits per heavy atom. The smallest absolute Gasteiger partial charge is 0.269 e. The highest BCUT2D eigenvalue weighted by molar-refractivity contribution is 5.62. The lowest BCUT2D eigenvalue weighted by Gasteiger charge is -2.29. The molecule has 38 heavy (non-hydrogen) atoms. The number of benzene rings is 4. The molecule has 0 amide bonds. The van der Waals surface area contributed by atoms with E-state index in [0.717, 1.165) is 5.56 Å². The van der Waals surface area contributed by atoms with E-state index in [4.69, 9.17) is 9.72 Å². The van der Waals surface area contributed by atoms with Gasteiger partial charge in [-0.2, -0.15) is 4.98 Å². The number of hydrogen-bond donors (Lipinski definition) is 2. The maximum Gasteiger partial charge on any atom is 0.269 e. The monoisotopic (exact) mass is 504 g/mol. The molecule has 9 heteroatoms. The van der Waals surface area contributed by atoms with Gasteiger partial charge in [-0.3, -0.25) is 14.9 Å². The zero-order valence-corrected chi connectivity index (χ0v) is 19.8. The molecule has 1 unspecified atom stereocenters. The van der Waals surface area contributed by atoms with Gasteiger partial charge in [0.05, 0.1) is 16.2 Å². The number of para-hydroxylation sites is 1. The molecular weight excluding hydrogens is 484 g/mol. The molecular formula is C29H20N4O5. The van der Waals surface area contributed by atoms with Crippen LogP contribution in [0.25, 0.3) is 5.69 Å². The third-order valence-corrected chi connectivity index (χ3v) is 6.37. The summed E-state index contributed by atoms with van der Waals surface area (Å²) in [6.07, 6.45) is 0. The third-order valence-electron chi connectivity index (χ3n) is 6.37. The van der Waals surface area contributed by atoms with Crippen molar-refractivity contribution in [2.45, 2.75) is 5.92 Å². The van der Waals surface area contributed by atoms with Crippen molar-refractivity contribution in [3.8, 4) is 23.1 Å². The molecule has 0 bridgehead atoms. The number of anilines is 2. The molecule has 1 atom stereocenters. The van der Waals surface area contributed by atoms with Gasteiger partial charge in [-0.15, -0.1) is 0 Å². The van der Waals surface area contributed by atoms with Gasteiger partial charge in [0.25, 0.3) is 11.2 Å². The highest BCUT2D eigenvalue weighted by Crippen LogP contribution is 2.46. The Morgan fingerprint density at radius 1 is 0.921 bits per heavy atom. The number of aromatic nitrogens is 2. The largest absolute Gasteiger partial charge is 0.508 e. The molecule has 6 rings (SSSR count). The summed E-state index contributed by atoms with van der Waals surface area (Å²) in [5.41, 5.74) is 2.47. The van der Waals surface area contributed by atoms with Crippen LogP contribution in [0.15, 0.2) is 108 Å². The van der Waals surface area contributed by atoms with E-state index in [9.17, 15) is 20.0 Å². The third kappa shape index (κ3) is 4.01. The maximum absolute atomic E-state index is 14.3. The Balaban J connectivity index is 1.62. The second-order valence-corrected chi connectivity index (χ2v) is 8.73. The quantitative estimate of drug-likeness (QED) is 0.222. The number of nitro groups is 1. The van der Waals surface area contributed by atoms with Gasteiger partial charge in [-0.05, 0) is 35.9 Å². The SMILES string of the molecule is O=c1c2c(nc(Nc3ccccc3)n1-c1ccc([N+](=O)[O-])cc1)Oc1cc(O)ccc1C2c1ccccc1. The lowest BCUT2D eigenvalue weighted by Crippen LogP contribution is -2.30. The number of phenolic OH excluding ortho intramolecular Hbond substituents is 1. The number of nitrogens with zero attached hydrogens (tertiary/aromatic N) is 3. The minimum absolute atomic E-state index is 0.0286. The van der Waals surface area contributed by atoms with Crippen LogP contribution < -0.4 is 15.6 Å². The lowest BCUT2D eigenvalue weighted by atomic mass is 9.84. The zero-order valence-electron chi connectivity index (χ0n) is 19.8. The van der Waals surface area contributed by atoms with Crippen molar-refractivity contribution in [1.29, 1.82) is 0 Å². The summed E-state index contributed by atoms with van der Waals surface area (Å²) in [5, 5.41) is 24.5. The minimum atomic E-state index is -0.523. The Hall–Kier alpha value is -5.44. The Morgan fingerprint density at radius 3 is 2.29 bits per heavy atom. The second kappa shape index (κ2) is 9.21. The molecule has 1 aliphatic rings. The number of ether oxygens (including phenoxy) is 1.